The summed E-state index contributed by atoms with van der Waals surface area (Å²) in [5.41, 5.74) is 2.26. The third-order valence-electron chi connectivity index (χ3n) is 5.10. The average Bonchev–Trinajstić information content (AvgIpc) is 3.56. The fourth-order valence-electron chi connectivity index (χ4n) is 3.34. The molecule has 3 aromatic heterocycles. The second-order valence-corrected chi connectivity index (χ2v) is 9.34. The lowest BCUT2D eigenvalue weighted by atomic mass is 10.1. The van der Waals surface area contributed by atoms with E-state index in [1.165, 1.54) is 0 Å². The SMILES string of the molecule is COc1cc(C(=O)N(Cc2cccs2)Cc2cccs2)ccc1OCc1c(C)noc1C. The minimum absolute atomic E-state index is 0.0534. The van der Waals surface area contributed by atoms with E-state index in [1.54, 1.807) is 48.0 Å². The summed E-state index contributed by atoms with van der Waals surface area (Å²) in [4.78, 5) is 17.6. The molecule has 0 fully saturated rings. The lowest BCUT2D eigenvalue weighted by Crippen LogP contribution is -2.29. The number of nitrogens with zero attached hydrogens (tertiary/aromatic N) is 2. The Kier molecular flexibility index (Phi) is 6.92. The van der Waals surface area contributed by atoms with Crippen molar-refractivity contribution >= 4 is 28.6 Å². The Morgan fingerprint density at radius 1 is 1.03 bits per heavy atom. The molecule has 0 aliphatic carbocycles. The lowest BCUT2D eigenvalue weighted by molar-refractivity contribution is 0.0733. The largest absolute Gasteiger partial charge is 0.493 e. The van der Waals surface area contributed by atoms with Crippen LogP contribution in [0.15, 0.2) is 57.7 Å². The first-order valence-electron chi connectivity index (χ1n) is 10.1. The quantitative estimate of drug-likeness (QED) is 0.309. The zero-order valence-electron chi connectivity index (χ0n) is 18.2. The average molecular weight is 469 g/mol. The van der Waals surface area contributed by atoms with Crippen molar-refractivity contribution in [1.29, 1.82) is 0 Å². The zero-order chi connectivity index (χ0) is 22.5. The molecule has 0 atom stereocenters. The number of amides is 1. The molecule has 3 heterocycles. The van der Waals surface area contributed by atoms with Crippen LogP contribution in [0.5, 0.6) is 11.5 Å². The number of carbonyl (C=O) groups excluding carboxylic acids is 1. The highest BCUT2D eigenvalue weighted by molar-refractivity contribution is 7.10. The number of hydrogen-bond acceptors (Lipinski definition) is 7. The number of rotatable bonds is 9. The van der Waals surface area contributed by atoms with Gasteiger partial charge in [0.1, 0.15) is 12.4 Å². The van der Waals surface area contributed by atoms with Gasteiger partial charge in [0.15, 0.2) is 11.5 Å². The number of aromatic nitrogens is 1. The Bertz CT molecular complexity index is 1110. The Morgan fingerprint density at radius 2 is 1.72 bits per heavy atom. The highest BCUT2D eigenvalue weighted by Crippen LogP contribution is 2.30. The van der Waals surface area contributed by atoms with Crippen LogP contribution in [0.25, 0.3) is 0 Å². The van der Waals surface area contributed by atoms with E-state index in [-0.39, 0.29) is 5.91 Å². The van der Waals surface area contributed by atoms with Gasteiger partial charge in [-0.05, 0) is 54.9 Å². The number of ether oxygens (including phenoxy) is 2. The molecule has 4 aromatic rings. The maximum Gasteiger partial charge on any atom is 0.254 e. The molecule has 0 saturated carbocycles. The molecule has 0 saturated heterocycles. The van der Waals surface area contributed by atoms with E-state index in [1.807, 2.05) is 53.8 Å². The summed E-state index contributed by atoms with van der Waals surface area (Å²) in [7, 11) is 1.57. The maximum atomic E-state index is 13.4. The van der Waals surface area contributed by atoms with Crippen molar-refractivity contribution in [3.05, 3.63) is 85.6 Å². The fourth-order valence-corrected chi connectivity index (χ4v) is 4.78. The zero-order valence-corrected chi connectivity index (χ0v) is 19.8. The molecule has 0 spiro atoms. The van der Waals surface area contributed by atoms with Crippen molar-refractivity contribution in [3.8, 4) is 11.5 Å². The Balaban J connectivity index is 1.54. The molecule has 32 heavy (non-hydrogen) atoms. The van der Waals surface area contributed by atoms with E-state index in [9.17, 15) is 4.79 Å². The topological polar surface area (TPSA) is 64.8 Å². The summed E-state index contributed by atoms with van der Waals surface area (Å²) in [6, 6.07) is 13.4. The smallest absolute Gasteiger partial charge is 0.254 e. The Morgan fingerprint density at radius 3 is 2.25 bits per heavy atom. The molecule has 0 aliphatic rings. The molecule has 0 bridgehead atoms. The molecule has 1 aromatic carbocycles. The Labute approximate surface area is 195 Å². The first-order chi connectivity index (χ1) is 15.5. The van der Waals surface area contributed by atoms with Gasteiger partial charge in [-0.2, -0.15) is 0 Å². The summed E-state index contributed by atoms with van der Waals surface area (Å²) >= 11 is 3.29. The van der Waals surface area contributed by atoms with Crippen LogP contribution in [-0.4, -0.2) is 23.1 Å². The van der Waals surface area contributed by atoms with Gasteiger partial charge in [0, 0.05) is 15.3 Å². The third-order valence-corrected chi connectivity index (χ3v) is 6.83. The highest BCUT2D eigenvalue weighted by atomic mass is 32.1. The summed E-state index contributed by atoms with van der Waals surface area (Å²) in [5, 5.41) is 8.00. The van der Waals surface area contributed by atoms with Gasteiger partial charge in [-0.25, -0.2) is 0 Å². The van der Waals surface area contributed by atoms with Crippen molar-refractivity contribution in [2.75, 3.05) is 7.11 Å². The van der Waals surface area contributed by atoms with Crippen LogP contribution in [0.4, 0.5) is 0 Å². The second kappa shape index (κ2) is 10.0. The van der Waals surface area contributed by atoms with Crippen LogP contribution >= 0.6 is 22.7 Å². The van der Waals surface area contributed by atoms with E-state index in [0.717, 1.165) is 26.8 Å². The first-order valence-corrected chi connectivity index (χ1v) is 11.9. The van der Waals surface area contributed by atoms with Gasteiger partial charge in [0.05, 0.1) is 31.5 Å². The van der Waals surface area contributed by atoms with Gasteiger partial charge < -0.3 is 18.9 Å². The number of hydrogen-bond donors (Lipinski definition) is 0. The molecule has 0 N–H and O–H groups in total. The molecular weight excluding hydrogens is 444 g/mol. The molecule has 1 amide bonds. The Hall–Kier alpha value is -3.10. The summed E-state index contributed by atoms with van der Waals surface area (Å²) < 4.78 is 16.7. The predicted octanol–water partition coefficient (Wildman–Crippen LogP) is 5.84. The standard InChI is InChI=1S/C24H24N2O4S2/c1-16-21(17(2)30-25-16)15-29-22-9-8-18(12-23(22)28-3)24(27)26(13-19-6-4-10-31-19)14-20-7-5-11-32-20/h4-12H,13-15H2,1-3H3. The van der Waals surface area contributed by atoms with Crippen LogP contribution in [0.1, 0.15) is 37.1 Å². The maximum absolute atomic E-state index is 13.4. The van der Waals surface area contributed by atoms with Crippen LogP contribution in [0, 0.1) is 13.8 Å². The third kappa shape index (κ3) is 5.03. The van der Waals surface area contributed by atoms with Crippen molar-refractivity contribution in [1.82, 2.24) is 10.1 Å². The normalized spacial score (nSPS) is 10.8. The second-order valence-electron chi connectivity index (χ2n) is 7.28. The van der Waals surface area contributed by atoms with Crippen LogP contribution in [0.2, 0.25) is 0 Å². The van der Waals surface area contributed by atoms with E-state index < -0.39 is 0 Å². The molecular formula is C24H24N2O4S2. The molecule has 4 rings (SSSR count). The van der Waals surface area contributed by atoms with Gasteiger partial charge >= 0.3 is 0 Å². The minimum Gasteiger partial charge on any atom is -0.493 e. The number of thiophene rings is 2. The molecule has 166 valence electrons. The number of benzene rings is 1. The van der Waals surface area contributed by atoms with Gasteiger partial charge in [-0.1, -0.05) is 17.3 Å². The molecule has 0 unspecified atom stereocenters. The lowest BCUT2D eigenvalue weighted by Gasteiger charge is -2.22. The monoisotopic (exact) mass is 468 g/mol. The molecule has 0 radical (unpaired) electrons. The van der Waals surface area contributed by atoms with Gasteiger partial charge in [0.25, 0.3) is 5.91 Å². The van der Waals surface area contributed by atoms with Crippen molar-refractivity contribution in [2.45, 2.75) is 33.5 Å². The van der Waals surface area contributed by atoms with Crippen molar-refractivity contribution in [3.63, 3.8) is 0 Å². The van der Waals surface area contributed by atoms with Crippen LogP contribution in [-0.2, 0) is 19.7 Å². The number of methoxy groups -OCH3 is 1. The number of carbonyl (C=O) groups is 1. The first kappa shape index (κ1) is 22.1. The highest BCUT2D eigenvalue weighted by Gasteiger charge is 2.20. The van der Waals surface area contributed by atoms with E-state index in [4.69, 9.17) is 14.0 Å². The molecule has 6 nitrogen and oxygen atoms in total. The number of aryl methyl sites for hydroxylation is 2. The summed E-state index contributed by atoms with van der Waals surface area (Å²) in [6.45, 7) is 5.16. The van der Waals surface area contributed by atoms with Crippen LogP contribution in [0.3, 0.4) is 0 Å². The van der Waals surface area contributed by atoms with Crippen molar-refractivity contribution in [2.24, 2.45) is 0 Å². The van der Waals surface area contributed by atoms with Crippen LogP contribution < -0.4 is 9.47 Å². The van der Waals surface area contributed by atoms with Gasteiger partial charge in [-0.3, -0.25) is 4.79 Å². The van der Waals surface area contributed by atoms with Gasteiger partial charge in [0.2, 0.25) is 0 Å². The van der Waals surface area contributed by atoms with Gasteiger partial charge in [-0.15, -0.1) is 22.7 Å². The minimum atomic E-state index is -0.0534. The fraction of sp³-hybridized carbons (Fsp3) is 0.250. The summed E-state index contributed by atoms with van der Waals surface area (Å²) in [6.07, 6.45) is 0. The van der Waals surface area contributed by atoms with E-state index in [0.29, 0.717) is 36.8 Å². The molecule has 8 heteroatoms. The van der Waals surface area contributed by atoms with Crippen molar-refractivity contribution < 1.29 is 18.8 Å². The predicted molar refractivity (Wildman–Crippen MR) is 126 cm³/mol. The summed E-state index contributed by atoms with van der Waals surface area (Å²) in [5.74, 6) is 1.75. The van der Waals surface area contributed by atoms with E-state index >= 15 is 0 Å². The molecule has 0 aliphatic heterocycles. The van der Waals surface area contributed by atoms with E-state index in [2.05, 4.69) is 5.16 Å².